The molecule has 1 fully saturated rings. The molecule has 1 aromatic rings. The van der Waals surface area contributed by atoms with Crippen molar-refractivity contribution in [3.63, 3.8) is 0 Å². The van der Waals surface area contributed by atoms with Gasteiger partial charge in [0.05, 0.1) is 65.8 Å². The number of nitrogens with zero attached hydrogens (tertiary/aromatic N) is 4. The number of carboxylic acid groups (broad SMARTS) is 4. The molecule has 0 bridgehead atoms. The van der Waals surface area contributed by atoms with Crippen molar-refractivity contribution in [3.05, 3.63) is 29.8 Å². The van der Waals surface area contributed by atoms with E-state index in [2.05, 4.69) is 16.0 Å². The average molecular weight is 889 g/mol. The van der Waals surface area contributed by atoms with Crippen molar-refractivity contribution in [3.8, 4) is 0 Å². The molecule has 7 N–H and O–H groups in total. The van der Waals surface area contributed by atoms with Crippen molar-refractivity contribution >= 4 is 52.8 Å². The number of anilines is 1. The van der Waals surface area contributed by atoms with Gasteiger partial charge in [-0.15, -0.1) is 0 Å². The maximum Gasteiger partial charge on any atom is 0.317 e. The fourth-order valence-electron chi connectivity index (χ4n) is 5.76. The van der Waals surface area contributed by atoms with Crippen LogP contribution in [0.4, 0.5) is 5.69 Å². The quantitative estimate of drug-likeness (QED) is 0.0487. The Balaban J connectivity index is 0.0000157. The molecule has 313 valence electrons. The molecule has 1 amide bonds. The topological polar surface area (TPSA) is 243 Å². The zero-order valence-corrected chi connectivity index (χ0v) is 35.7. The molecular formula is C35H57N7O12SY. The second-order valence-electron chi connectivity index (χ2n) is 12.8. The molecule has 1 radical (unpaired) electrons. The molecule has 0 saturated carbocycles. The summed E-state index contributed by atoms with van der Waals surface area (Å²) in [6.45, 7) is 5.46. The van der Waals surface area contributed by atoms with E-state index >= 15 is 0 Å². The summed E-state index contributed by atoms with van der Waals surface area (Å²) in [5.74, 6) is -4.31. The van der Waals surface area contributed by atoms with Crippen molar-refractivity contribution in [1.82, 2.24) is 30.2 Å². The van der Waals surface area contributed by atoms with Gasteiger partial charge in [0.2, 0.25) is 5.91 Å². The molecule has 19 nitrogen and oxygen atoms in total. The SMILES string of the molecule is CCNC(=O)CCOCCOCCOCCNC(=S)Nc1ccc(CC2CN(CC(=O)O)CCN(CC(=O)O)CCN(CC(=O)O)CCN2CC(=O)O)cc1.[Y]. The minimum absolute atomic E-state index is 0. The first kappa shape index (κ1) is 51.1. The summed E-state index contributed by atoms with van der Waals surface area (Å²) < 4.78 is 16.4. The Morgan fingerprint density at radius 3 is 1.70 bits per heavy atom. The number of carbonyl (C=O) groups is 5. The van der Waals surface area contributed by atoms with Gasteiger partial charge in [-0.25, -0.2) is 0 Å². The number of ether oxygens (including phenoxy) is 3. The van der Waals surface area contributed by atoms with Crippen molar-refractivity contribution < 1.29 is 91.3 Å². The first-order valence-corrected chi connectivity index (χ1v) is 18.7. The maximum atomic E-state index is 12.0. The van der Waals surface area contributed by atoms with E-state index in [9.17, 15) is 44.4 Å². The largest absolute Gasteiger partial charge is 0.480 e. The van der Waals surface area contributed by atoms with Gasteiger partial charge in [-0.05, 0) is 43.3 Å². The molecule has 1 unspecified atom stereocenters. The van der Waals surface area contributed by atoms with Crippen LogP contribution in [0.2, 0.25) is 0 Å². The van der Waals surface area contributed by atoms with Crippen LogP contribution < -0.4 is 16.0 Å². The van der Waals surface area contributed by atoms with Crippen LogP contribution >= 0.6 is 12.2 Å². The fraction of sp³-hybridized carbons (Fsp3) is 0.657. The zero-order valence-electron chi connectivity index (χ0n) is 32.1. The van der Waals surface area contributed by atoms with Gasteiger partial charge in [0.25, 0.3) is 0 Å². The number of carboxylic acids is 4. The number of hydrogen-bond donors (Lipinski definition) is 7. The number of hydrogen-bond acceptors (Lipinski definition) is 13. The van der Waals surface area contributed by atoms with Crippen molar-refractivity contribution in [2.75, 3.05) is 130 Å². The van der Waals surface area contributed by atoms with Crippen LogP contribution in [0.1, 0.15) is 18.9 Å². The van der Waals surface area contributed by atoms with Crippen LogP contribution in [-0.4, -0.2) is 206 Å². The standard InChI is InChI=1S/C35H57N7O12S.Y/c1-2-36-30(43)7-15-52-17-19-54-20-18-53-16-8-37-35(55)38-28-5-3-27(4-6-28)21-29-22-41(25-33(48)49)12-11-39(23-31(44)45)9-10-40(24-32(46)47)13-14-42(29)26-34(50)51;/h3-6,29H,2,7-26H2,1H3,(H,36,43)(H,44,45)(H,46,47)(H,48,49)(H,50,51)(H2,37,38,55);. The predicted octanol–water partition coefficient (Wildman–Crippen LogP) is -0.982. The number of amides is 1. The van der Waals surface area contributed by atoms with E-state index in [1.807, 2.05) is 31.2 Å². The Bertz CT molecular complexity index is 1350. The summed E-state index contributed by atoms with van der Waals surface area (Å²) in [5.41, 5.74) is 1.56. The second kappa shape index (κ2) is 30.2. The number of aliphatic carboxylic acids is 4. The Morgan fingerprint density at radius 2 is 1.16 bits per heavy atom. The van der Waals surface area contributed by atoms with E-state index < -0.39 is 29.9 Å². The van der Waals surface area contributed by atoms with Crippen LogP contribution in [-0.2, 0) is 77.3 Å². The first-order valence-electron chi connectivity index (χ1n) is 18.3. The number of rotatable bonds is 24. The Morgan fingerprint density at radius 1 is 0.679 bits per heavy atom. The molecule has 1 atom stereocenters. The van der Waals surface area contributed by atoms with Gasteiger partial charge in [-0.3, -0.25) is 43.6 Å². The molecule has 1 aromatic carbocycles. The predicted molar refractivity (Wildman–Crippen MR) is 205 cm³/mol. The van der Waals surface area contributed by atoms with Crippen LogP contribution in [0.5, 0.6) is 0 Å². The van der Waals surface area contributed by atoms with E-state index in [1.165, 1.54) is 0 Å². The number of nitrogens with one attached hydrogen (secondary N) is 3. The molecule has 0 spiro atoms. The van der Waals surface area contributed by atoms with Crippen LogP contribution in [0.25, 0.3) is 0 Å². The smallest absolute Gasteiger partial charge is 0.317 e. The van der Waals surface area contributed by atoms with Crippen molar-refractivity contribution in [2.45, 2.75) is 25.8 Å². The molecule has 1 aliphatic heterocycles. The third-order valence-electron chi connectivity index (χ3n) is 8.38. The number of thiocarbonyl (C=S) groups is 1. The summed E-state index contributed by atoms with van der Waals surface area (Å²) in [5, 5.41) is 47.7. The van der Waals surface area contributed by atoms with Gasteiger partial charge < -0.3 is 50.6 Å². The zero-order chi connectivity index (χ0) is 40.4. The summed E-state index contributed by atoms with van der Waals surface area (Å²) >= 11 is 5.41. The van der Waals surface area contributed by atoms with E-state index in [4.69, 9.17) is 26.4 Å². The number of benzene rings is 1. The maximum absolute atomic E-state index is 12.0. The van der Waals surface area contributed by atoms with E-state index in [-0.39, 0.29) is 111 Å². The molecule has 2 rings (SSSR count). The van der Waals surface area contributed by atoms with Crippen LogP contribution in [0.3, 0.4) is 0 Å². The van der Waals surface area contributed by atoms with Gasteiger partial charge in [-0.1, -0.05) is 12.1 Å². The first-order chi connectivity index (χ1) is 26.3. The van der Waals surface area contributed by atoms with Crippen molar-refractivity contribution in [1.29, 1.82) is 0 Å². The Labute approximate surface area is 358 Å². The van der Waals surface area contributed by atoms with Crippen LogP contribution in [0.15, 0.2) is 24.3 Å². The third-order valence-corrected chi connectivity index (χ3v) is 8.62. The molecule has 56 heavy (non-hydrogen) atoms. The van der Waals surface area contributed by atoms with Gasteiger partial charge in [0.1, 0.15) is 0 Å². The minimum Gasteiger partial charge on any atom is -0.480 e. The van der Waals surface area contributed by atoms with Gasteiger partial charge in [0.15, 0.2) is 5.11 Å². The molecule has 1 heterocycles. The molecular weight excluding hydrogens is 831 g/mol. The monoisotopic (exact) mass is 888 g/mol. The van der Waals surface area contributed by atoms with Crippen LogP contribution in [0, 0.1) is 0 Å². The summed E-state index contributed by atoms with van der Waals surface area (Å²) in [6, 6.07) is 6.91. The number of carbonyl (C=O) groups excluding carboxylic acids is 1. The Kier molecular flexibility index (Phi) is 27.6. The summed E-state index contributed by atoms with van der Waals surface area (Å²) in [7, 11) is 0. The molecule has 21 heteroatoms. The normalized spacial score (nSPS) is 16.4. The molecule has 0 aromatic heterocycles. The van der Waals surface area contributed by atoms with E-state index in [0.29, 0.717) is 76.4 Å². The van der Waals surface area contributed by atoms with Crippen molar-refractivity contribution in [2.24, 2.45) is 0 Å². The average Bonchev–Trinajstić information content (AvgIpc) is 3.10. The van der Waals surface area contributed by atoms with E-state index in [0.717, 1.165) is 5.56 Å². The summed E-state index contributed by atoms with van der Waals surface area (Å²) in [6.07, 6.45) is 0.674. The second-order valence-corrected chi connectivity index (χ2v) is 13.2. The molecule has 1 saturated heterocycles. The van der Waals surface area contributed by atoms with Gasteiger partial charge >= 0.3 is 23.9 Å². The fourth-order valence-corrected chi connectivity index (χ4v) is 5.98. The molecule has 0 aliphatic carbocycles. The summed E-state index contributed by atoms with van der Waals surface area (Å²) in [4.78, 5) is 65.1. The molecule has 1 aliphatic rings. The third kappa shape index (κ3) is 24.7. The minimum atomic E-state index is -1.08. The van der Waals surface area contributed by atoms with Gasteiger partial charge in [-0.2, -0.15) is 0 Å². The Hall–Kier alpha value is -2.92. The van der Waals surface area contributed by atoms with E-state index in [1.54, 1.807) is 19.6 Å². The van der Waals surface area contributed by atoms with Gasteiger partial charge in [0, 0.05) is 110 Å².